The first-order valence-electron chi connectivity index (χ1n) is 11.2. The molecule has 30 heavy (non-hydrogen) atoms. The lowest BCUT2D eigenvalue weighted by Gasteiger charge is -2.29. The molecule has 1 aliphatic carbocycles. The largest absolute Gasteiger partial charge is 0.486 e. The van der Waals surface area contributed by atoms with Gasteiger partial charge in [-0.2, -0.15) is 0 Å². The molecule has 0 aromatic heterocycles. The third-order valence-electron chi connectivity index (χ3n) is 6.65. The number of ether oxygens (including phenoxy) is 2. The molecule has 1 aromatic rings. The molecule has 0 spiro atoms. The summed E-state index contributed by atoms with van der Waals surface area (Å²) in [5, 5.41) is 7.19. The van der Waals surface area contributed by atoms with Crippen molar-refractivity contribution in [1.29, 1.82) is 0 Å². The molecule has 1 aromatic carbocycles. The van der Waals surface area contributed by atoms with Crippen LogP contribution in [0.2, 0.25) is 0 Å². The average Bonchev–Trinajstić information content (AvgIpc) is 3.42. The van der Waals surface area contributed by atoms with Gasteiger partial charge in [0.2, 0.25) is 0 Å². The van der Waals surface area contributed by atoms with E-state index in [0.29, 0.717) is 19.3 Å². The second kappa shape index (κ2) is 10.4. The van der Waals surface area contributed by atoms with E-state index in [9.17, 15) is 0 Å². The fraction of sp³-hybridized carbons (Fsp3) is 0.696. The lowest BCUT2D eigenvalue weighted by Crippen LogP contribution is -2.48. The third-order valence-corrected chi connectivity index (χ3v) is 6.65. The number of hydrogen-bond donors (Lipinski definition) is 2. The quantitative estimate of drug-likeness (QED) is 0.348. The fourth-order valence-electron chi connectivity index (χ4n) is 4.77. The number of nitrogens with zero attached hydrogens (tertiary/aromatic N) is 2. The molecule has 3 aliphatic rings. The number of guanidine groups is 1. The summed E-state index contributed by atoms with van der Waals surface area (Å²) in [7, 11) is 1.86. The van der Waals surface area contributed by atoms with E-state index in [0.717, 1.165) is 36.6 Å². The van der Waals surface area contributed by atoms with Gasteiger partial charge in [0.05, 0.1) is 0 Å². The second-order valence-electron chi connectivity index (χ2n) is 9.23. The molecule has 4 rings (SSSR count). The predicted molar refractivity (Wildman–Crippen MR) is 133 cm³/mol. The first kappa shape index (κ1) is 23.4. The zero-order chi connectivity index (χ0) is 20.3. The van der Waals surface area contributed by atoms with Crippen molar-refractivity contribution in [3.05, 3.63) is 23.8 Å². The third kappa shape index (κ3) is 5.52. The number of aliphatic imine (C=N–C) groups is 1. The Bertz CT molecular complexity index is 734. The monoisotopic (exact) mass is 528 g/mol. The van der Waals surface area contributed by atoms with Crippen molar-refractivity contribution in [3.8, 4) is 11.5 Å². The van der Waals surface area contributed by atoms with Gasteiger partial charge < -0.3 is 20.1 Å². The number of benzene rings is 1. The van der Waals surface area contributed by atoms with Crippen LogP contribution in [0.15, 0.2) is 23.2 Å². The van der Waals surface area contributed by atoms with Crippen LogP contribution in [0, 0.1) is 0 Å². The Hall–Kier alpha value is -1.22. The smallest absolute Gasteiger partial charge is 0.191 e. The van der Waals surface area contributed by atoms with Crippen molar-refractivity contribution in [1.82, 2.24) is 15.5 Å². The molecule has 0 bridgehead atoms. The van der Waals surface area contributed by atoms with Gasteiger partial charge in [-0.05, 0) is 37.0 Å². The van der Waals surface area contributed by atoms with E-state index in [-0.39, 0.29) is 29.4 Å². The number of halogens is 1. The van der Waals surface area contributed by atoms with Gasteiger partial charge in [-0.3, -0.25) is 9.89 Å². The summed E-state index contributed by atoms with van der Waals surface area (Å²) in [6.07, 6.45) is 6.75. The summed E-state index contributed by atoms with van der Waals surface area (Å²) >= 11 is 0. The van der Waals surface area contributed by atoms with Crippen molar-refractivity contribution in [2.45, 2.75) is 63.5 Å². The van der Waals surface area contributed by atoms with Crippen molar-refractivity contribution in [3.63, 3.8) is 0 Å². The summed E-state index contributed by atoms with van der Waals surface area (Å²) in [6, 6.07) is 7.57. The molecule has 6 nitrogen and oxygen atoms in total. The van der Waals surface area contributed by atoms with E-state index < -0.39 is 0 Å². The van der Waals surface area contributed by atoms with Crippen molar-refractivity contribution < 1.29 is 9.47 Å². The normalized spacial score (nSPS) is 22.6. The summed E-state index contributed by atoms with van der Waals surface area (Å²) < 4.78 is 11.4. The molecule has 7 heteroatoms. The number of fused-ring (bicyclic) bond motifs is 1. The van der Waals surface area contributed by atoms with Crippen molar-refractivity contribution in [2.24, 2.45) is 4.99 Å². The van der Waals surface area contributed by atoms with Crippen LogP contribution in [0.5, 0.6) is 11.5 Å². The Balaban J connectivity index is 0.00000256. The Kier molecular flexibility index (Phi) is 8.12. The Morgan fingerprint density at radius 1 is 1.13 bits per heavy atom. The highest BCUT2D eigenvalue weighted by Gasteiger charge is 2.30. The topological polar surface area (TPSA) is 58.1 Å². The van der Waals surface area contributed by atoms with Gasteiger partial charge in [0.15, 0.2) is 17.5 Å². The maximum atomic E-state index is 5.76. The first-order chi connectivity index (χ1) is 14.0. The Labute approximate surface area is 198 Å². The maximum absolute atomic E-state index is 5.76. The van der Waals surface area contributed by atoms with E-state index in [2.05, 4.69) is 46.5 Å². The fourth-order valence-corrected chi connectivity index (χ4v) is 4.77. The summed E-state index contributed by atoms with van der Waals surface area (Å²) in [6.45, 7) is 8.88. The van der Waals surface area contributed by atoms with Gasteiger partial charge in [0, 0.05) is 44.2 Å². The first-order valence-corrected chi connectivity index (χ1v) is 11.2. The Morgan fingerprint density at radius 3 is 2.60 bits per heavy atom. The number of rotatable bonds is 5. The van der Waals surface area contributed by atoms with Crippen LogP contribution < -0.4 is 20.1 Å². The predicted octanol–water partition coefficient (Wildman–Crippen LogP) is 3.54. The van der Waals surface area contributed by atoms with Gasteiger partial charge in [-0.1, -0.05) is 32.8 Å². The molecule has 1 saturated carbocycles. The Morgan fingerprint density at radius 2 is 1.87 bits per heavy atom. The van der Waals surface area contributed by atoms with Crippen LogP contribution >= 0.6 is 24.0 Å². The molecule has 1 saturated heterocycles. The minimum absolute atomic E-state index is 0. The zero-order valence-corrected chi connectivity index (χ0v) is 20.9. The van der Waals surface area contributed by atoms with Gasteiger partial charge >= 0.3 is 0 Å². The zero-order valence-electron chi connectivity index (χ0n) is 18.6. The lowest BCUT2D eigenvalue weighted by atomic mass is 9.84. The second-order valence-corrected chi connectivity index (χ2v) is 9.23. The highest BCUT2D eigenvalue weighted by atomic mass is 127. The number of likely N-dealkylation sites (tertiary alicyclic amines) is 1. The molecule has 2 aliphatic heterocycles. The van der Waals surface area contributed by atoms with Crippen LogP contribution in [0.3, 0.4) is 0 Å². The van der Waals surface area contributed by atoms with Crippen LogP contribution in [-0.4, -0.2) is 62.8 Å². The van der Waals surface area contributed by atoms with Crippen molar-refractivity contribution >= 4 is 29.9 Å². The standard InChI is InChI=1S/C23H36N4O2.HI/c1-23(2,17-8-9-20-21(14-17)29-13-12-28-20)16-25-22(24-3)26-18-10-11-27(15-18)19-6-4-5-7-19;/h8-9,14,18-19H,4-7,10-13,15-16H2,1-3H3,(H2,24,25,26);1H. The van der Waals surface area contributed by atoms with E-state index in [1.807, 2.05) is 13.1 Å². The average molecular weight is 528 g/mol. The van der Waals surface area contributed by atoms with Crippen molar-refractivity contribution in [2.75, 3.05) is 39.9 Å². The van der Waals surface area contributed by atoms with Gasteiger partial charge in [0.1, 0.15) is 13.2 Å². The molecular formula is C23H37IN4O2. The van der Waals surface area contributed by atoms with E-state index in [1.54, 1.807) is 0 Å². The molecule has 2 N–H and O–H groups in total. The molecule has 0 amide bonds. The van der Waals surface area contributed by atoms with E-state index >= 15 is 0 Å². The summed E-state index contributed by atoms with van der Waals surface area (Å²) in [5.74, 6) is 2.59. The number of hydrogen-bond acceptors (Lipinski definition) is 4. The highest BCUT2D eigenvalue weighted by Crippen LogP contribution is 2.35. The minimum Gasteiger partial charge on any atom is -0.486 e. The van der Waals surface area contributed by atoms with Gasteiger partial charge in [-0.25, -0.2) is 0 Å². The molecule has 1 atom stereocenters. The lowest BCUT2D eigenvalue weighted by molar-refractivity contribution is 0.171. The van der Waals surface area contributed by atoms with Crippen LogP contribution in [0.25, 0.3) is 0 Å². The van der Waals surface area contributed by atoms with Crippen LogP contribution in [0.4, 0.5) is 0 Å². The molecule has 0 radical (unpaired) electrons. The molecular weight excluding hydrogens is 491 g/mol. The van der Waals surface area contributed by atoms with E-state index in [1.165, 1.54) is 44.2 Å². The minimum atomic E-state index is -0.0565. The maximum Gasteiger partial charge on any atom is 0.191 e. The summed E-state index contributed by atoms with van der Waals surface area (Å²) in [4.78, 5) is 7.15. The van der Waals surface area contributed by atoms with Crippen LogP contribution in [-0.2, 0) is 5.41 Å². The summed E-state index contributed by atoms with van der Waals surface area (Å²) in [5.41, 5.74) is 1.18. The molecule has 2 fully saturated rings. The van der Waals surface area contributed by atoms with Gasteiger partial charge in [0.25, 0.3) is 0 Å². The van der Waals surface area contributed by atoms with Gasteiger partial charge in [-0.15, -0.1) is 24.0 Å². The number of nitrogens with one attached hydrogen (secondary N) is 2. The SMILES string of the molecule is CN=C(NCC(C)(C)c1ccc2c(c1)OCCO2)NC1CCN(C2CCCC2)C1.I. The van der Waals surface area contributed by atoms with E-state index in [4.69, 9.17) is 9.47 Å². The molecule has 168 valence electrons. The molecule has 2 heterocycles. The van der Waals surface area contributed by atoms with Crippen LogP contribution in [0.1, 0.15) is 51.5 Å². The molecule has 1 unspecified atom stereocenters. The highest BCUT2D eigenvalue weighted by molar-refractivity contribution is 14.0.